The molecule has 0 radical (unpaired) electrons. The van der Waals surface area contributed by atoms with Crippen molar-refractivity contribution in [2.45, 2.75) is 55.5 Å². The lowest BCUT2D eigenvalue weighted by molar-refractivity contribution is -0.138. The van der Waals surface area contributed by atoms with Crippen LogP contribution in [0.4, 0.5) is 5.69 Å². The second kappa shape index (κ2) is 13.0. The van der Waals surface area contributed by atoms with Crippen LogP contribution in [0, 0.1) is 5.92 Å². The van der Waals surface area contributed by atoms with Gasteiger partial charge in [-0.2, -0.15) is 8.42 Å². The molecule has 0 bridgehead atoms. The molecule has 1 amide bonds. The van der Waals surface area contributed by atoms with Crippen molar-refractivity contribution in [3.05, 3.63) is 82.0 Å². The Morgan fingerprint density at radius 2 is 1.93 bits per heavy atom. The molecule has 1 aromatic carbocycles. The Kier molecular flexibility index (Phi) is 9.40. The van der Waals surface area contributed by atoms with E-state index in [0.29, 0.717) is 17.7 Å². The lowest BCUT2D eigenvalue weighted by Gasteiger charge is -2.19. The number of nitrogens with one attached hydrogen (secondary N) is 2. The number of anilines is 1. The third-order valence-electron chi connectivity index (χ3n) is 6.75. The summed E-state index contributed by atoms with van der Waals surface area (Å²) in [5.41, 5.74) is 5.79. The average Bonchev–Trinajstić information content (AvgIpc) is 3.77. The van der Waals surface area contributed by atoms with Gasteiger partial charge in [-0.15, -0.1) is 0 Å². The van der Waals surface area contributed by atoms with E-state index in [1.807, 2.05) is 0 Å². The molecule has 3 aromatic rings. The van der Waals surface area contributed by atoms with E-state index in [1.165, 1.54) is 18.3 Å². The molecule has 0 saturated heterocycles. The summed E-state index contributed by atoms with van der Waals surface area (Å²) in [6.45, 7) is 0.263. The third-order valence-corrected chi connectivity index (χ3v) is 8.05. The van der Waals surface area contributed by atoms with E-state index in [4.69, 9.17) is 15.3 Å². The minimum Gasteiger partial charge on any atom is -0.507 e. The Balaban J connectivity index is 1.43. The normalized spacial score (nSPS) is 14.7. The first kappa shape index (κ1) is 29.7. The first-order valence-electron chi connectivity index (χ1n) is 13.2. The molecule has 12 nitrogen and oxygen atoms in total. The van der Waals surface area contributed by atoms with Crippen LogP contribution < -0.4 is 21.4 Å². The number of benzene rings is 1. The summed E-state index contributed by atoms with van der Waals surface area (Å²) in [5.74, 6) is -1.86. The number of carbonyl (C=O) groups excluding carboxylic acids is 1. The number of aromatic nitrogens is 1. The third kappa shape index (κ3) is 7.92. The van der Waals surface area contributed by atoms with E-state index in [2.05, 4.69) is 15.0 Å². The number of carboxylic acids is 1. The molecule has 0 spiro atoms. The Morgan fingerprint density at radius 3 is 2.59 bits per heavy atom. The number of pyridine rings is 1. The lowest BCUT2D eigenvalue weighted by Crippen LogP contribution is -2.33. The first-order valence-corrected chi connectivity index (χ1v) is 14.7. The van der Waals surface area contributed by atoms with Gasteiger partial charge in [0.15, 0.2) is 5.03 Å². The predicted octanol–water partition coefficient (Wildman–Crippen LogP) is 2.32. The smallest absolute Gasteiger partial charge is 0.343 e. The Morgan fingerprint density at radius 1 is 1.15 bits per heavy atom. The summed E-state index contributed by atoms with van der Waals surface area (Å²) in [7, 11) is -3.92. The highest BCUT2D eigenvalue weighted by molar-refractivity contribution is 7.92. The number of carbonyl (C=O) groups is 2. The first-order chi connectivity index (χ1) is 19.5. The fourth-order valence-corrected chi connectivity index (χ4v) is 5.55. The highest BCUT2D eigenvalue weighted by atomic mass is 32.2. The van der Waals surface area contributed by atoms with Crippen LogP contribution in [0.1, 0.15) is 54.9 Å². The molecule has 2 heterocycles. The fraction of sp³-hybridized carbons (Fsp3) is 0.357. The summed E-state index contributed by atoms with van der Waals surface area (Å²) in [4.78, 5) is 39.6. The number of amides is 1. The summed E-state index contributed by atoms with van der Waals surface area (Å²) in [6.07, 6.45) is 3.76. The molecule has 4 rings (SSSR count). The Labute approximate surface area is 236 Å². The summed E-state index contributed by atoms with van der Waals surface area (Å²) in [6, 6.07) is 11.6. The zero-order valence-corrected chi connectivity index (χ0v) is 23.0. The standard InChI is InChI=1S/C28H32N4O8S/c29-21(27(35)36)11-12-23(34)30-14-4-7-20-16-22(33)26(28(37)40-20)25(17-9-10-17)18-5-3-6-19(15-18)32-41(38,39)24-8-1-2-13-31-24/h1-3,5-6,8,13,15-17,21,25,32-33H,4,7,9-12,14,29H2,(H,30,34)(H,35,36)/t21-,25?/m0/s1. The molecule has 13 heteroatoms. The Bertz CT molecular complexity index is 1550. The maximum atomic E-state index is 13.1. The fourth-order valence-electron chi connectivity index (χ4n) is 4.55. The van der Waals surface area contributed by atoms with Crippen LogP contribution in [0.2, 0.25) is 0 Å². The van der Waals surface area contributed by atoms with Gasteiger partial charge in [0, 0.05) is 43.3 Å². The highest BCUT2D eigenvalue weighted by Crippen LogP contribution is 2.48. The number of nitrogens with two attached hydrogens (primary N) is 1. The summed E-state index contributed by atoms with van der Waals surface area (Å²) < 4.78 is 33.5. The molecule has 1 aliphatic rings. The number of carboxylic acid groups (broad SMARTS) is 1. The van der Waals surface area contributed by atoms with E-state index < -0.39 is 33.6 Å². The summed E-state index contributed by atoms with van der Waals surface area (Å²) >= 11 is 0. The number of aryl methyl sites for hydroxylation is 1. The quantitative estimate of drug-likeness (QED) is 0.175. The van der Waals surface area contributed by atoms with Crippen LogP contribution in [-0.2, 0) is 26.0 Å². The topological polar surface area (TPSA) is 202 Å². The van der Waals surface area contributed by atoms with Gasteiger partial charge >= 0.3 is 11.6 Å². The highest BCUT2D eigenvalue weighted by Gasteiger charge is 2.37. The van der Waals surface area contributed by atoms with Crippen LogP contribution >= 0.6 is 0 Å². The molecular weight excluding hydrogens is 552 g/mol. The Hall–Kier alpha value is -4.23. The molecule has 2 aromatic heterocycles. The number of aromatic hydroxyl groups is 1. The molecule has 41 heavy (non-hydrogen) atoms. The van der Waals surface area contributed by atoms with Crippen LogP contribution in [0.25, 0.3) is 0 Å². The molecule has 1 fully saturated rings. The molecular formula is C28H32N4O8S. The van der Waals surface area contributed by atoms with Gasteiger partial charge in [0.05, 0.1) is 5.56 Å². The molecule has 2 atom stereocenters. The molecule has 0 aliphatic heterocycles. The van der Waals surface area contributed by atoms with E-state index in [0.717, 1.165) is 12.8 Å². The van der Waals surface area contributed by atoms with Crippen molar-refractivity contribution >= 4 is 27.6 Å². The van der Waals surface area contributed by atoms with E-state index in [9.17, 15) is 27.9 Å². The molecule has 1 unspecified atom stereocenters. The van der Waals surface area contributed by atoms with Crippen molar-refractivity contribution in [3.63, 3.8) is 0 Å². The minimum atomic E-state index is -3.92. The van der Waals surface area contributed by atoms with Gasteiger partial charge in [0.2, 0.25) is 5.91 Å². The van der Waals surface area contributed by atoms with Crippen molar-refractivity contribution in [2.75, 3.05) is 11.3 Å². The van der Waals surface area contributed by atoms with Crippen LogP contribution in [-0.4, -0.2) is 48.1 Å². The van der Waals surface area contributed by atoms with Crippen molar-refractivity contribution in [1.82, 2.24) is 10.3 Å². The zero-order valence-electron chi connectivity index (χ0n) is 22.2. The van der Waals surface area contributed by atoms with Crippen molar-refractivity contribution in [2.24, 2.45) is 11.7 Å². The number of rotatable bonds is 14. The minimum absolute atomic E-state index is 0.0204. The van der Waals surface area contributed by atoms with Gasteiger partial charge < -0.3 is 25.7 Å². The SMILES string of the molecule is N[C@@H](CCC(=O)NCCCc1cc(O)c(C(c2cccc(NS(=O)(=O)c3ccccn3)c2)C2CC2)c(=O)o1)C(=O)O. The van der Waals surface area contributed by atoms with Crippen LogP contribution in [0.5, 0.6) is 5.75 Å². The number of hydrogen-bond acceptors (Lipinski definition) is 9. The summed E-state index contributed by atoms with van der Waals surface area (Å²) in [5, 5.41) is 22.2. The maximum Gasteiger partial charge on any atom is 0.343 e. The maximum absolute atomic E-state index is 13.1. The van der Waals surface area contributed by atoms with E-state index in [1.54, 1.807) is 36.4 Å². The second-order valence-electron chi connectivity index (χ2n) is 9.95. The largest absolute Gasteiger partial charge is 0.507 e. The van der Waals surface area contributed by atoms with Gasteiger partial charge in [-0.3, -0.25) is 14.3 Å². The average molecular weight is 585 g/mol. The van der Waals surface area contributed by atoms with E-state index in [-0.39, 0.29) is 59.7 Å². The van der Waals surface area contributed by atoms with Gasteiger partial charge in [-0.1, -0.05) is 18.2 Å². The van der Waals surface area contributed by atoms with Crippen molar-refractivity contribution < 1.29 is 32.6 Å². The number of hydrogen-bond donors (Lipinski definition) is 5. The number of aliphatic carboxylic acids is 1. The number of nitrogens with zero attached hydrogens (tertiary/aromatic N) is 1. The molecule has 6 N–H and O–H groups in total. The monoisotopic (exact) mass is 584 g/mol. The lowest BCUT2D eigenvalue weighted by atomic mass is 9.87. The van der Waals surface area contributed by atoms with Crippen molar-refractivity contribution in [1.29, 1.82) is 0 Å². The van der Waals surface area contributed by atoms with Crippen molar-refractivity contribution in [3.8, 4) is 5.75 Å². The predicted molar refractivity (Wildman–Crippen MR) is 149 cm³/mol. The van der Waals surface area contributed by atoms with Gasteiger partial charge in [-0.05, 0) is 61.4 Å². The number of sulfonamides is 1. The van der Waals surface area contributed by atoms with Gasteiger partial charge in [-0.25, -0.2) is 9.78 Å². The molecule has 1 aliphatic carbocycles. The zero-order chi connectivity index (χ0) is 29.6. The molecule has 1 saturated carbocycles. The molecule has 218 valence electrons. The van der Waals surface area contributed by atoms with E-state index >= 15 is 0 Å². The van der Waals surface area contributed by atoms with Crippen LogP contribution in [0.15, 0.2) is 69.0 Å². The van der Waals surface area contributed by atoms with Crippen LogP contribution in [0.3, 0.4) is 0 Å². The second-order valence-corrected chi connectivity index (χ2v) is 11.6. The van der Waals surface area contributed by atoms with Gasteiger partial charge in [0.25, 0.3) is 10.0 Å². The van der Waals surface area contributed by atoms with Gasteiger partial charge in [0.1, 0.15) is 17.6 Å².